The zero-order valence-corrected chi connectivity index (χ0v) is 7.90. The van der Waals surface area contributed by atoms with Crippen molar-refractivity contribution in [1.82, 2.24) is 0 Å². The van der Waals surface area contributed by atoms with Crippen molar-refractivity contribution >= 4 is 11.8 Å². The van der Waals surface area contributed by atoms with Crippen LogP contribution in [0, 0.1) is 6.92 Å². The number of thioether (sulfide) groups is 1. The quantitative estimate of drug-likeness (QED) is 0.615. The highest BCUT2D eigenvalue weighted by Gasteiger charge is 1.72. The standard InChI is InChI=1S/C7H8.C3H6S/c1-7-5-3-2-4-6-7;1-3-4-2/h2-6H,1H3;3H,1H2,2H3. The normalized spacial score (nSPS) is 7.82. The van der Waals surface area contributed by atoms with E-state index in [9.17, 15) is 0 Å². The number of aryl methyl sites for hydroxylation is 1. The molecule has 60 valence electrons. The maximum Gasteiger partial charge on any atom is -0.0142 e. The smallest absolute Gasteiger partial charge is 0.0142 e. The van der Waals surface area contributed by atoms with E-state index in [0.29, 0.717) is 0 Å². The second-order valence-electron chi connectivity index (χ2n) is 2.06. The minimum atomic E-state index is 1.32. The van der Waals surface area contributed by atoms with Gasteiger partial charge in [0.2, 0.25) is 0 Å². The summed E-state index contributed by atoms with van der Waals surface area (Å²) in [5.74, 6) is 0. The van der Waals surface area contributed by atoms with Crippen molar-refractivity contribution in [3.63, 3.8) is 0 Å². The molecule has 11 heavy (non-hydrogen) atoms. The van der Waals surface area contributed by atoms with Crippen LogP contribution in [-0.2, 0) is 0 Å². The molecular weight excluding hydrogens is 152 g/mol. The maximum atomic E-state index is 3.44. The molecule has 0 aliphatic rings. The summed E-state index contributed by atoms with van der Waals surface area (Å²) in [6.07, 6.45) is 1.98. The fourth-order valence-electron chi connectivity index (χ4n) is 0.534. The largest absolute Gasteiger partial charge is 0.138 e. The van der Waals surface area contributed by atoms with Crippen molar-refractivity contribution in [2.24, 2.45) is 0 Å². The molecule has 0 fully saturated rings. The average Bonchev–Trinajstić information content (AvgIpc) is 2.07. The van der Waals surface area contributed by atoms with Gasteiger partial charge in [-0.3, -0.25) is 0 Å². The van der Waals surface area contributed by atoms with Gasteiger partial charge in [0.05, 0.1) is 0 Å². The average molecular weight is 166 g/mol. The summed E-state index contributed by atoms with van der Waals surface area (Å²) in [4.78, 5) is 0. The van der Waals surface area contributed by atoms with Gasteiger partial charge in [0.25, 0.3) is 0 Å². The van der Waals surface area contributed by atoms with Crippen LogP contribution >= 0.6 is 11.8 Å². The molecule has 0 aliphatic carbocycles. The van der Waals surface area contributed by atoms with E-state index in [1.807, 2.05) is 24.5 Å². The molecule has 0 radical (unpaired) electrons. The monoisotopic (exact) mass is 166 g/mol. The SMILES string of the molecule is C=CSC.Cc1ccccc1. The van der Waals surface area contributed by atoms with Gasteiger partial charge < -0.3 is 0 Å². The number of hydrogen-bond acceptors (Lipinski definition) is 1. The lowest BCUT2D eigenvalue weighted by Gasteiger charge is -1.82. The Labute approximate surface area is 73.3 Å². The predicted octanol–water partition coefficient (Wildman–Crippen LogP) is 3.49. The van der Waals surface area contributed by atoms with E-state index in [2.05, 4.69) is 25.6 Å². The molecule has 0 saturated carbocycles. The van der Waals surface area contributed by atoms with Gasteiger partial charge in [-0.1, -0.05) is 42.5 Å². The molecule has 0 spiro atoms. The summed E-state index contributed by atoms with van der Waals surface area (Å²) in [6.45, 7) is 5.53. The molecule has 1 heteroatoms. The van der Waals surface area contributed by atoms with Crippen LogP contribution in [0.5, 0.6) is 0 Å². The minimum Gasteiger partial charge on any atom is -0.138 e. The van der Waals surface area contributed by atoms with E-state index >= 15 is 0 Å². The van der Waals surface area contributed by atoms with Gasteiger partial charge in [-0.25, -0.2) is 0 Å². The molecule has 0 aromatic heterocycles. The lowest BCUT2D eigenvalue weighted by molar-refractivity contribution is 1.48. The Kier molecular flexibility index (Phi) is 6.95. The van der Waals surface area contributed by atoms with E-state index in [1.54, 1.807) is 17.2 Å². The van der Waals surface area contributed by atoms with Crippen LogP contribution in [0.25, 0.3) is 0 Å². The van der Waals surface area contributed by atoms with Gasteiger partial charge in [0, 0.05) is 0 Å². The van der Waals surface area contributed by atoms with Gasteiger partial charge in [0.1, 0.15) is 0 Å². The lowest BCUT2D eigenvalue weighted by atomic mass is 10.2. The second kappa shape index (κ2) is 7.42. The summed E-state index contributed by atoms with van der Waals surface area (Å²) in [5, 5.41) is 1.79. The van der Waals surface area contributed by atoms with E-state index < -0.39 is 0 Å². The molecule has 0 amide bonds. The first-order chi connectivity index (χ1) is 5.31. The summed E-state index contributed by atoms with van der Waals surface area (Å²) in [7, 11) is 0. The molecule has 1 aromatic rings. The molecule has 0 aliphatic heterocycles. The Hall–Kier alpha value is -0.690. The fourth-order valence-corrected chi connectivity index (χ4v) is 0.534. The number of rotatable bonds is 1. The van der Waals surface area contributed by atoms with Gasteiger partial charge in [-0.05, 0) is 18.6 Å². The molecule has 0 bridgehead atoms. The first kappa shape index (κ1) is 10.3. The van der Waals surface area contributed by atoms with E-state index in [0.717, 1.165) is 0 Å². The van der Waals surface area contributed by atoms with Crippen molar-refractivity contribution in [1.29, 1.82) is 0 Å². The van der Waals surface area contributed by atoms with Crippen LogP contribution in [0.2, 0.25) is 0 Å². The maximum absolute atomic E-state index is 3.44. The fraction of sp³-hybridized carbons (Fsp3) is 0.200. The zero-order chi connectivity index (χ0) is 8.53. The molecular formula is C10H14S. The van der Waals surface area contributed by atoms with Crippen molar-refractivity contribution in [3.8, 4) is 0 Å². The minimum absolute atomic E-state index is 1.32. The zero-order valence-electron chi connectivity index (χ0n) is 7.08. The summed E-state index contributed by atoms with van der Waals surface area (Å²) < 4.78 is 0. The van der Waals surface area contributed by atoms with Crippen molar-refractivity contribution in [2.45, 2.75) is 6.92 Å². The first-order valence-corrected chi connectivity index (χ1v) is 4.75. The second-order valence-corrected chi connectivity index (χ2v) is 2.86. The van der Waals surface area contributed by atoms with Crippen LogP contribution in [0.4, 0.5) is 0 Å². The number of hydrogen-bond donors (Lipinski definition) is 0. The Balaban J connectivity index is 0.000000218. The van der Waals surface area contributed by atoms with Gasteiger partial charge in [0.15, 0.2) is 0 Å². The highest BCUT2D eigenvalue weighted by Crippen LogP contribution is 1.92. The third-order valence-corrected chi connectivity index (χ3v) is 1.44. The molecule has 0 N–H and O–H groups in total. The highest BCUT2D eigenvalue weighted by atomic mass is 32.2. The van der Waals surface area contributed by atoms with Crippen molar-refractivity contribution in [3.05, 3.63) is 47.9 Å². The molecule has 0 nitrogen and oxygen atoms in total. The van der Waals surface area contributed by atoms with Crippen molar-refractivity contribution < 1.29 is 0 Å². The molecule has 0 unspecified atom stereocenters. The third-order valence-electron chi connectivity index (χ3n) is 1.11. The Bertz CT molecular complexity index is 179. The van der Waals surface area contributed by atoms with Gasteiger partial charge >= 0.3 is 0 Å². The Morgan fingerprint density at radius 2 is 1.73 bits per heavy atom. The first-order valence-electron chi connectivity index (χ1n) is 3.46. The topological polar surface area (TPSA) is 0 Å². The summed E-state index contributed by atoms with van der Waals surface area (Å²) in [5.41, 5.74) is 1.32. The van der Waals surface area contributed by atoms with Crippen LogP contribution in [0.15, 0.2) is 42.3 Å². The van der Waals surface area contributed by atoms with Crippen LogP contribution in [-0.4, -0.2) is 6.26 Å². The van der Waals surface area contributed by atoms with Crippen LogP contribution < -0.4 is 0 Å². The lowest BCUT2D eigenvalue weighted by Crippen LogP contribution is -1.62. The van der Waals surface area contributed by atoms with E-state index in [-0.39, 0.29) is 0 Å². The molecule has 1 aromatic carbocycles. The van der Waals surface area contributed by atoms with Gasteiger partial charge in [-0.15, -0.1) is 11.8 Å². The van der Waals surface area contributed by atoms with E-state index in [4.69, 9.17) is 0 Å². The summed E-state index contributed by atoms with van der Waals surface area (Å²) >= 11 is 1.62. The van der Waals surface area contributed by atoms with Crippen LogP contribution in [0.3, 0.4) is 0 Å². The van der Waals surface area contributed by atoms with Crippen LogP contribution in [0.1, 0.15) is 5.56 Å². The van der Waals surface area contributed by atoms with Crippen molar-refractivity contribution in [2.75, 3.05) is 6.26 Å². The highest BCUT2D eigenvalue weighted by molar-refractivity contribution is 8.01. The van der Waals surface area contributed by atoms with Gasteiger partial charge in [-0.2, -0.15) is 0 Å². The number of benzene rings is 1. The Morgan fingerprint density at radius 3 is 1.91 bits per heavy atom. The molecule has 0 saturated heterocycles. The summed E-state index contributed by atoms with van der Waals surface area (Å²) in [6, 6.07) is 10.3. The van der Waals surface area contributed by atoms with E-state index in [1.165, 1.54) is 5.56 Å². The third kappa shape index (κ3) is 7.20. The Morgan fingerprint density at radius 1 is 1.27 bits per heavy atom. The molecule has 0 heterocycles. The molecule has 0 atom stereocenters. The predicted molar refractivity (Wildman–Crippen MR) is 54.9 cm³/mol. The molecule has 1 rings (SSSR count).